The number of hydrogen-bond acceptors (Lipinski definition) is 11. The molecule has 284 valence electrons. The van der Waals surface area contributed by atoms with Crippen LogP contribution in [0.3, 0.4) is 0 Å². The van der Waals surface area contributed by atoms with Crippen molar-refractivity contribution in [2.45, 2.75) is 56.3 Å². The van der Waals surface area contributed by atoms with Crippen LogP contribution in [0.25, 0.3) is 11.4 Å². The fourth-order valence-electron chi connectivity index (χ4n) is 4.59. The van der Waals surface area contributed by atoms with E-state index in [-0.39, 0.29) is 41.5 Å². The van der Waals surface area contributed by atoms with E-state index in [0.29, 0.717) is 18.2 Å². The monoisotopic (exact) mass is 782 g/mol. The summed E-state index contributed by atoms with van der Waals surface area (Å²) in [6.45, 7) is 5.97. The van der Waals surface area contributed by atoms with Gasteiger partial charge in [0.05, 0.1) is 62.3 Å². The van der Waals surface area contributed by atoms with Crippen molar-refractivity contribution in [3.63, 3.8) is 0 Å². The third kappa shape index (κ3) is 8.49. The SMILES string of the molecule is CCOC(=O)c1c(CC)nn(-c2ccc(C(F)(F)F)cc2S(=O)(=O)CC)c1N.CCS(=O)(=O)c1cc(C(F)(F)F)ccc1-n1ncc(C(=O)O)c1N. The first-order valence-corrected chi connectivity index (χ1v) is 18.3. The van der Waals surface area contributed by atoms with E-state index in [9.17, 15) is 52.8 Å². The average molecular weight is 783 g/mol. The summed E-state index contributed by atoms with van der Waals surface area (Å²) < 4.78 is 134. The minimum Gasteiger partial charge on any atom is -0.477 e. The smallest absolute Gasteiger partial charge is 0.416 e. The quantitative estimate of drug-likeness (QED) is 0.143. The number of esters is 1. The number of alkyl halides is 6. The molecule has 0 aliphatic carbocycles. The van der Waals surface area contributed by atoms with Crippen molar-refractivity contribution in [1.29, 1.82) is 0 Å². The fraction of sp³-hybridized carbons (Fsp3) is 0.333. The van der Waals surface area contributed by atoms with Gasteiger partial charge in [-0.1, -0.05) is 20.8 Å². The van der Waals surface area contributed by atoms with Crippen LogP contribution in [-0.2, 0) is 43.2 Å². The van der Waals surface area contributed by atoms with Crippen LogP contribution in [0.2, 0.25) is 0 Å². The molecular weight excluding hydrogens is 750 g/mol. The van der Waals surface area contributed by atoms with Gasteiger partial charge in [0, 0.05) is 0 Å². The maximum atomic E-state index is 13.1. The van der Waals surface area contributed by atoms with Crippen LogP contribution in [0.5, 0.6) is 0 Å². The molecule has 14 nitrogen and oxygen atoms in total. The number of nitrogens with zero attached hydrogens (tertiary/aromatic N) is 4. The van der Waals surface area contributed by atoms with Crippen LogP contribution in [-0.4, -0.2) is 71.6 Å². The molecule has 0 saturated heterocycles. The number of rotatable bonds is 10. The van der Waals surface area contributed by atoms with E-state index in [1.54, 1.807) is 13.8 Å². The molecule has 0 aliphatic heterocycles. The Bertz CT molecular complexity index is 2210. The average Bonchev–Trinajstić information content (AvgIpc) is 3.62. The maximum absolute atomic E-state index is 13.1. The highest BCUT2D eigenvalue weighted by Crippen LogP contribution is 2.36. The van der Waals surface area contributed by atoms with Crippen LogP contribution >= 0.6 is 0 Å². The van der Waals surface area contributed by atoms with Gasteiger partial charge in [-0.3, -0.25) is 0 Å². The number of aromatic nitrogens is 4. The molecule has 0 bridgehead atoms. The van der Waals surface area contributed by atoms with Crippen molar-refractivity contribution < 1.29 is 62.6 Å². The topological polar surface area (TPSA) is 220 Å². The van der Waals surface area contributed by atoms with Crippen molar-refractivity contribution in [3.05, 3.63) is 70.5 Å². The summed E-state index contributed by atoms with van der Waals surface area (Å²) in [5.74, 6) is -3.61. The van der Waals surface area contributed by atoms with Crippen LogP contribution in [0.15, 0.2) is 52.4 Å². The molecule has 0 atom stereocenters. The minimum absolute atomic E-state index is 0.0379. The highest BCUT2D eigenvalue weighted by Gasteiger charge is 2.35. The second-order valence-electron chi connectivity index (χ2n) is 10.5. The van der Waals surface area contributed by atoms with Gasteiger partial charge >= 0.3 is 24.3 Å². The number of carbonyl (C=O) groups is 2. The first kappa shape index (κ1) is 41.3. The molecule has 2 aromatic heterocycles. The standard InChI is InChI=1S/C17H20F3N3O4S.C13H12F3N3O4S/c1-4-11-14(16(24)27-5-2)15(21)23(22-11)12-8-7-10(17(18,19)20)9-13(12)28(25,26)6-3;1-2-24(22,23)10-5-7(13(14,15)16)3-4-9(10)19-11(17)8(6-18-19)12(20)21/h7-9H,4-6,21H2,1-3H3;3-6H,2,17H2,1H3,(H,20,21). The van der Waals surface area contributed by atoms with Gasteiger partial charge in [0.2, 0.25) is 0 Å². The number of carboxylic acid groups (broad SMARTS) is 1. The Morgan fingerprint density at radius 3 is 1.62 bits per heavy atom. The predicted octanol–water partition coefficient (Wildman–Crippen LogP) is 4.97. The third-order valence-corrected chi connectivity index (χ3v) is 10.8. The molecule has 2 aromatic carbocycles. The zero-order chi connectivity index (χ0) is 39.6. The Hall–Kier alpha value is -5.12. The van der Waals surface area contributed by atoms with Crippen LogP contribution in [0, 0.1) is 0 Å². The highest BCUT2D eigenvalue weighted by molar-refractivity contribution is 7.91. The van der Waals surface area contributed by atoms with Gasteiger partial charge in [-0.2, -0.15) is 36.5 Å². The van der Waals surface area contributed by atoms with E-state index in [0.717, 1.165) is 33.8 Å². The van der Waals surface area contributed by atoms with Crippen molar-refractivity contribution in [2.24, 2.45) is 0 Å². The van der Waals surface area contributed by atoms with Crippen LogP contribution in [0.4, 0.5) is 38.0 Å². The number of nitrogens with two attached hydrogens (primary N) is 2. The molecule has 2 heterocycles. The van der Waals surface area contributed by atoms with Crippen molar-refractivity contribution >= 4 is 43.2 Å². The van der Waals surface area contributed by atoms with Crippen molar-refractivity contribution in [3.8, 4) is 11.4 Å². The molecular formula is C30H32F6N6O8S2. The summed E-state index contributed by atoms with van der Waals surface area (Å²) in [4.78, 5) is 22.0. The summed E-state index contributed by atoms with van der Waals surface area (Å²) in [5.41, 5.74) is 8.74. The van der Waals surface area contributed by atoms with Gasteiger partial charge in [-0.05, 0) is 49.7 Å². The zero-order valence-corrected chi connectivity index (χ0v) is 29.3. The van der Waals surface area contributed by atoms with E-state index < -0.39 is 87.8 Å². The molecule has 4 rings (SSSR count). The molecule has 4 aromatic rings. The summed E-state index contributed by atoms with van der Waals surface area (Å²) >= 11 is 0. The summed E-state index contributed by atoms with van der Waals surface area (Å²) in [5, 5.41) is 16.8. The van der Waals surface area contributed by atoms with E-state index in [1.165, 1.54) is 13.8 Å². The lowest BCUT2D eigenvalue weighted by molar-refractivity contribution is -0.138. The molecule has 0 aliphatic rings. The van der Waals surface area contributed by atoms with E-state index in [4.69, 9.17) is 21.3 Å². The van der Waals surface area contributed by atoms with Gasteiger partial charge in [-0.25, -0.2) is 35.8 Å². The Labute approximate surface area is 292 Å². The first-order valence-electron chi connectivity index (χ1n) is 15.0. The van der Waals surface area contributed by atoms with Crippen LogP contribution in [0.1, 0.15) is 65.2 Å². The van der Waals surface area contributed by atoms with Gasteiger partial charge in [0.1, 0.15) is 22.8 Å². The largest absolute Gasteiger partial charge is 0.477 e. The molecule has 22 heteroatoms. The molecule has 0 unspecified atom stereocenters. The number of anilines is 2. The molecule has 0 fully saturated rings. The minimum atomic E-state index is -4.74. The lowest BCUT2D eigenvalue weighted by Crippen LogP contribution is -2.15. The lowest BCUT2D eigenvalue weighted by atomic mass is 10.2. The number of hydrogen-bond donors (Lipinski definition) is 3. The van der Waals surface area contributed by atoms with Gasteiger partial charge in [0.25, 0.3) is 0 Å². The van der Waals surface area contributed by atoms with Crippen molar-refractivity contribution in [2.75, 3.05) is 29.6 Å². The summed E-state index contributed by atoms with van der Waals surface area (Å²) in [6.07, 6.45) is -8.30. The first-order chi connectivity index (χ1) is 24.0. The van der Waals surface area contributed by atoms with Gasteiger partial charge in [-0.15, -0.1) is 0 Å². The highest BCUT2D eigenvalue weighted by atomic mass is 32.2. The Kier molecular flexibility index (Phi) is 12.1. The van der Waals surface area contributed by atoms with E-state index in [1.807, 2.05) is 0 Å². The predicted molar refractivity (Wildman–Crippen MR) is 174 cm³/mol. The number of halogens is 6. The third-order valence-electron chi connectivity index (χ3n) is 7.31. The number of sulfone groups is 2. The van der Waals surface area contributed by atoms with Crippen molar-refractivity contribution in [1.82, 2.24) is 19.6 Å². The molecule has 0 saturated carbocycles. The Balaban J connectivity index is 0.000000284. The van der Waals surface area contributed by atoms with Gasteiger partial charge < -0.3 is 21.3 Å². The normalized spacial score (nSPS) is 12.3. The second-order valence-corrected chi connectivity index (χ2v) is 15.0. The second kappa shape index (κ2) is 15.2. The van der Waals surface area contributed by atoms with Gasteiger partial charge in [0.15, 0.2) is 19.7 Å². The number of ether oxygens (including phenoxy) is 1. The Morgan fingerprint density at radius 2 is 1.25 bits per heavy atom. The Morgan fingerprint density at radius 1 is 0.788 bits per heavy atom. The van der Waals surface area contributed by atoms with Crippen LogP contribution < -0.4 is 11.5 Å². The molecule has 52 heavy (non-hydrogen) atoms. The number of benzene rings is 2. The summed E-state index contributed by atoms with van der Waals surface area (Å²) in [7, 11) is -8.10. The zero-order valence-electron chi connectivity index (χ0n) is 27.7. The summed E-state index contributed by atoms with van der Waals surface area (Å²) in [6, 6.07) is 4.30. The maximum Gasteiger partial charge on any atom is 0.416 e. The number of aryl methyl sites for hydroxylation is 1. The van der Waals surface area contributed by atoms with E-state index in [2.05, 4.69) is 10.2 Å². The molecule has 0 amide bonds. The molecule has 0 radical (unpaired) electrons. The number of carbonyl (C=O) groups excluding carboxylic acids is 1. The van der Waals surface area contributed by atoms with E-state index >= 15 is 0 Å². The number of nitrogen functional groups attached to an aromatic ring is 2. The lowest BCUT2D eigenvalue weighted by Gasteiger charge is -2.14. The molecule has 5 N–H and O–H groups in total. The number of carboxylic acids is 1. The molecule has 0 spiro atoms. The fourth-order valence-corrected chi connectivity index (χ4v) is 6.77. The number of aromatic carboxylic acids is 1.